The molecule has 0 radical (unpaired) electrons. The van der Waals surface area contributed by atoms with E-state index in [1.165, 1.54) is 0 Å². The molecule has 2 aliphatic heterocycles. The van der Waals surface area contributed by atoms with Crippen molar-refractivity contribution in [3.63, 3.8) is 0 Å². The number of alkyl carbamates (subject to hydrolysis) is 1. The van der Waals surface area contributed by atoms with Crippen LogP contribution in [-0.4, -0.2) is 57.9 Å². The molecule has 28 heavy (non-hydrogen) atoms. The highest BCUT2D eigenvalue weighted by Crippen LogP contribution is 2.16. The van der Waals surface area contributed by atoms with Gasteiger partial charge >= 0.3 is 6.09 Å². The first-order valence-corrected chi connectivity index (χ1v) is 10.1. The monoisotopic (exact) mass is 389 g/mol. The van der Waals surface area contributed by atoms with Gasteiger partial charge in [-0.2, -0.15) is 0 Å². The Labute approximate surface area is 165 Å². The zero-order valence-electron chi connectivity index (χ0n) is 17.3. The van der Waals surface area contributed by atoms with Crippen molar-refractivity contribution in [2.45, 2.75) is 71.6 Å². The van der Waals surface area contributed by atoms with Crippen LogP contribution in [0.4, 0.5) is 4.79 Å². The maximum Gasteiger partial charge on any atom is 0.407 e. The molecule has 1 atom stereocenters. The topological polar surface area (TPSA) is 99.7 Å². The first-order chi connectivity index (χ1) is 13.2. The van der Waals surface area contributed by atoms with Crippen molar-refractivity contribution in [3.8, 4) is 0 Å². The largest absolute Gasteiger partial charge is 0.444 e. The second-order valence-electron chi connectivity index (χ2n) is 8.66. The van der Waals surface area contributed by atoms with Gasteiger partial charge in [-0.3, -0.25) is 14.7 Å². The normalized spacial score (nSPS) is 18.8. The highest BCUT2D eigenvalue weighted by atomic mass is 16.6. The van der Waals surface area contributed by atoms with Gasteiger partial charge in [-0.1, -0.05) is 0 Å². The van der Waals surface area contributed by atoms with Crippen LogP contribution in [0.15, 0.2) is 9.79 Å². The molecule has 0 aliphatic carbocycles. The molecule has 2 N–H and O–H groups in total. The number of carbonyl (C=O) groups is 1. The molecule has 3 heterocycles. The standard InChI is InChI=1S/C20H31N5O3/c1-13(22-19(27)28-20(2,3)4)11-25-10-8-15-14(12-25)18(26)24-17(23-15)16-7-5-6-9-21-16/h13H,5-12H2,1-4H3,(H,22,27)(H,23,24,26). The zero-order valence-corrected chi connectivity index (χ0v) is 17.3. The summed E-state index contributed by atoms with van der Waals surface area (Å²) in [5.41, 5.74) is 1.91. The number of ether oxygens (including phenoxy) is 1. The van der Waals surface area contributed by atoms with Gasteiger partial charge in [0.1, 0.15) is 5.60 Å². The fourth-order valence-electron chi connectivity index (χ4n) is 3.61. The third kappa shape index (κ3) is 5.41. The Balaban J connectivity index is 1.62. The number of hydrogen-bond donors (Lipinski definition) is 2. The summed E-state index contributed by atoms with van der Waals surface area (Å²) in [5.74, 6) is 0.636. The number of rotatable bonds is 4. The van der Waals surface area contributed by atoms with Crippen LogP contribution in [0.3, 0.4) is 0 Å². The number of aliphatic imine (C=N–C) groups is 1. The van der Waals surface area contributed by atoms with Crippen LogP contribution in [0.5, 0.6) is 0 Å². The number of H-pyrrole nitrogens is 1. The van der Waals surface area contributed by atoms with E-state index in [1.54, 1.807) is 0 Å². The Bertz CT molecular complexity index is 809. The predicted molar refractivity (Wildman–Crippen MR) is 108 cm³/mol. The Kier molecular flexibility index (Phi) is 6.17. The zero-order chi connectivity index (χ0) is 20.3. The first-order valence-electron chi connectivity index (χ1n) is 10.1. The Morgan fingerprint density at radius 2 is 2.11 bits per heavy atom. The van der Waals surface area contributed by atoms with Crippen molar-refractivity contribution in [2.75, 3.05) is 19.6 Å². The van der Waals surface area contributed by atoms with Crippen LogP contribution >= 0.6 is 0 Å². The van der Waals surface area contributed by atoms with Crippen molar-refractivity contribution >= 4 is 11.8 Å². The molecule has 3 rings (SSSR count). The highest BCUT2D eigenvalue weighted by molar-refractivity contribution is 5.97. The minimum absolute atomic E-state index is 0.0780. The molecule has 0 fully saturated rings. The average molecular weight is 390 g/mol. The third-order valence-corrected chi connectivity index (χ3v) is 4.84. The number of hydrogen-bond acceptors (Lipinski definition) is 6. The van der Waals surface area contributed by atoms with E-state index in [1.807, 2.05) is 27.7 Å². The number of amides is 1. The number of nitrogens with zero attached hydrogens (tertiary/aromatic N) is 3. The van der Waals surface area contributed by atoms with Crippen molar-refractivity contribution < 1.29 is 9.53 Å². The molecule has 1 aromatic rings. The molecular weight excluding hydrogens is 358 g/mol. The summed E-state index contributed by atoms with van der Waals surface area (Å²) in [6.07, 6.45) is 3.37. The molecule has 0 saturated carbocycles. The second kappa shape index (κ2) is 8.43. The molecule has 1 unspecified atom stereocenters. The van der Waals surface area contributed by atoms with Gasteiger partial charge < -0.3 is 15.0 Å². The molecule has 0 aromatic carbocycles. The van der Waals surface area contributed by atoms with Gasteiger partial charge in [-0.05, 0) is 47.0 Å². The molecule has 8 heteroatoms. The maximum atomic E-state index is 12.6. The van der Waals surface area contributed by atoms with E-state index in [0.29, 0.717) is 18.9 Å². The van der Waals surface area contributed by atoms with E-state index in [0.717, 1.165) is 55.7 Å². The van der Waals surface area contributed by atoms with Crippen LogP contribution in [-0.2, 0) is 17.7 Å². The average Bonchev–Trinajstić information content (AvgIpc) is 2.61. The molecule has 1 aromatic heterocycles. The van der Waals surface area contributed by atoms with Crippen molar-refractivity contribution in [1.29, 1.82) is 0 Å². The summed E-state index contributed by atoms with van der Waals surface area (Å²) in [7, 11) is 0. The molecule has 154 valence electrons. The SMILES string of the molecule is CC(CN1CCc2nc(C3=NCCCC3)[nH]c(=O)c2C1)NC(=O)OC(C)(C)C. The predicted octanol–water partition coefficient (Wildman–Crippen LogP) is 2.01. The summed E-state index contributed by atoms with van der Waals surface area (Å²) in [5, 5.41) is 2.85. The van der Waals surface area contributed by atoms with Crippen molar-refractivity contribution in [3.05, 3.63) is 27.4 Å². The smallest absolute Gasteiger partial charge is 0.407 e. The Hall–Kier alpha value is -2.22. The second-order valence-corrected chi connectivity index (χ2v) is 8.66. The molecule has 0 bridgehead atoms. The van der Waals surface area contributed by atoms with Gasteiger partial charge in [-0.15, -0.1) is 0 Å². The summed E-state index contributed by atoms with van der Waals surface area (Å²) < 4.78 is 5.30. The minimum atomic E-state index is -0.521. The van der Waals surface area contributed by atoms with Crippen LogP contribution in [0.2, 0.25) is 0 Å². The van der Waals surface area contributed by atoms with Crippen LogP contribution in [0.25, 0.3) is 0 Å². The van der Waals surface area contributed by atoms with Gasteiger partial charge in [-0.25, -0.2) is 9.78 Å². The van der Waals surface area contributed by atoms with Crippen molar-refractivity contribution in [2.24, 2.45) is 4.99 Å². The third-order valence-electron chi connectivity index (χ3n) is 4.84. The lowest BCUT2D eigenvalue weighted by atomic mass is 10.0. The number of nitrogens with one attached hydrogen (secondary N) is 2. The van der Waals surface area contributed by atoms with Gasteiger partial charge in [0.2, 0.25) is 0 Å². The highest BCUT2D eigenvalue weighted by Gasteiger charge is 2.25. The lowest BCUT2D eigenvalue weighted by Gasteiger charge is -2.30. The lowest BCUT2D eigenvalue weighted by Crippen LogP contribution is -2.46. The quantitative estimate of drug-likeness (QED) is 0.821. The maximum absolute atomic E-state index is 12.6. The van der Waals surface area contributed by atoms with Gasteiger partial charge in [0, 0.05) is 38.6 Å². The van der Waals surface area contributed by atoms with E-state index in [2.05, 4.69) is 20.2 Å². The molecule has 1 amide bonds. The summed E-state index contributed by atoms with van der Waals surface area (Å²) >= 11 is 0. The fourth-order valence-corrected chi connectivity index (χ4v) is 3.61. The molecule has 0 saturated heterocycles. The van der Waals surface area contributed by atoms with E-state index < -0.39 is 11.7 Å². The lowest BCUT2D eigenvalue weighted by molar-refractivity contribution is 0.0495. The minimum Gasteiger partial charge on any atom is -0.444 e. The summed E-state index contributed by atoms with van der Waals surface area (Å²) in [6, 6.07) is -0.0840. The van der Waals surface area contributed by atoms with Gasteiger partial charge in [0.05, 0.1) is 17.0 Å². The fraction of sp³-hybridized carbons (Fsp3) is 0.700. The Morgan fingerprint density at radius 1 is 1.32 bits per heavy atom. The van der Waals surface area contributed by atoms with Gasteiger partial charge in [0.15, 0.2) is 5.82 Å². The number of aromatic nitrogens is 2. The first kappa shape index (κ1) is 20.5. The number of aromatic amines is 1. The van der Waals surface area contributed by atoms with E-state index in [9.17, 15) is 9.59 Å². The molecule has 0 spiro atoms. The van der Waals surface area contributed by atoms with Gasteiger partial charge in [0.25, 0.3) is 5.56 Å². The molecular formula is C20H31N5O3. The van der Waals surface area contributed by atoms with Crippen LogP contribution < -0.4 is 10.9 Å². The number of fused-ring (bicyclic) bond motifs is 1. The van der Waals surface area contributed by atoms with Crippen LogP contribution in [0, 0.1) is 0 Å². The van der Waals surface area contributed by atoms with Crippen LogP contribution in [0.1, 0.15) is 64.0 Å². The summed E-state index contributed by atoms with van der Waals surface area (Å²) in [4.78, 5) is 38.9. The molecule has 8 nitrogen and oxygen atoms in total. The Morgan fingerprint density at radius 3 is 2.79 bits per heavy atom. The molecule has 2 aliphatic rings. The van der Waals surface area contributed by atoms with E-state index >= 15 is 0 Å². The summed E-state index contributed by atoms with van der Waals surface area (Å²) in [6.45, 7) is 10.2. The number of carbonyl (C=O) groups excluding carboxylic acids is 1. The van der Waals surface area contributed by atoms with E-state index in [-0.39, 0.29) is 11.6 Å². The van der Waals surface area contributed by atoms with E-state index in [4.69, 9.17) is 9.72 Å². The van der Waals surface area contributed by atoms with Crippen molar-refractivity contribution in [1.82, 2.24) is 20.2 Å².